The van der Waals surface area contributed by atoms with E-state index in [1.54, 1.807) is 11.8 Å². The Bertz CT molecular complexity index is 652. The summed E-state index contributed by atoms with van der Waals surface area (Å²) in [6.45, 7) is 0. The molecule has 1 aliphatic rings. The largest absolute Gasteiger partial charge is 0.398 e. The van der Waals surface area contributed by atoms with Gasteiger partial charge in [0.2, 0.25) is 0 Å². The van der Waals surface area contributed by atoms with Crippen LogP contribution in [0.4, 0.5) is 5.69 Å². The molecule has 96 valence electrons. The van der Waals surface area contributed by atoms with Crippen molar-refractivity contribution in [2.75, 3.05) is 5.73 Å². The van der Waals surface area contributed by atoms with Crippen molar-refractivity contribution in [2.45, 2.75) is 22.6 Å². The highest BCUT2D eigenvalue weighted by atomic mass is 79.9. The SMILES string of the molecule is Nc1cc2c(cc1Sc1ccc(Br)cc1)C(=O)CC2. The van der Waals surface area contributed by atoms with E-state index in [0.29, 0.717) is 6.42 Å². The number of ketones is 1. The van der Waals surface area contributed by atoms with Crippen molar-refractivity contribution in [3.63, 3.8) is 0 Å². The van der Waals surface area contributed by atoms with Crippen LogP contribution in [-0.4, -0.2) is 5.78 Å². The van der Waals surface area contributed by atoms with Crippen molar-refractivity contribution in [1.82, 2.24) is 0 Å². The average molecular weight is 334 g/mol. The zero-order valence-electron chi connectivity index (χ0n) is 10.2. The summed E-state index contributed by atoms with van der Waals surface area (Å²) in [5.74, 6) is 0.229. The molecular weight excluding hydrogens is 322 g/mol. The molecule has 0 aliphatic heterocycles. The van der Waals surface area contributed by atoms with Gasteiger partial charge in [-0.15, -0.1) is 0 Å². The number of rotatable bonds is 2. The van der Waals surface area contributed by atoms with E-state index >= 15 is 0 Å². The lowest BCUT2D eigenvalue weighted by Gasteiger charge is -2.08. The number of benzene rings is 2. The maximum Gasteiger partial charge on any atom is 0.163 e. The van der Waals surface area contributed by atoms with Crippen LogP contribution in [0.3, 0.4) is 0 Å². The summed E-state index contributed by atoms with van der Waals surface area (Å²) in [6, 6.07) is 11.9. The van der Waals surface area contributed by atoms with Gasteiger partial charge in [0.05, 0.1) is 0 Å². The van der Waals surface area contributed by atoms with Crippen molar-refractivity contribution >= 4 is 39.2 Å². The highest BCUT2D eigenvalue weighted by Gasteiger charge is 2.21. The Kier molecular flexibility index (Phi) is 3.37. The molecule has 0 radical (unpaired) electrons. The topological polar surface area (TPSA) is 43.1 Å². The Morgan fingerprint density at radius 3 is 2.58 bits per heavy atom. The number of anilines is 1. The lowest BCUT2D eigenvalue weighted by atomic mass is 10.1. The molecule has 19 heavy (non-hydrogen) atoms. The van der Waals surface area contributed by atoms with E-state index in [2.05, 4.69) is 15.9 Å². The predicted octanol–water partition coefficient (Wildman–Crippen LogP) is 4.31. The van der Waals surface area contributed by atoms with Crippen LogP contribution in [-0.2, 0) is 6.42 Å². The summed E-state index contributed by atoms with van der Waals surface area (Å²) in [5.41, 5.74) is 8.75. The van der Waals surface area contributed by atoms with Crippen LogP contribution in [0.15, 0.2) is 50.7 Å². The van der Waals surface area contributed by atoms with E-state index in [1.165, 1.54) is 0 Å². The first-order chi connectivity index (χ1) is 9.13. The third-order valence-corrected chi connectivity index (χ3v) is 4.81. The molecule has 2 N–H and O–H groups in total. The highest BCUT2D eigenvalue weighted by molar-refractivity contribution is 9.10. The minimum Gasteiger partial charge on any atom is -0.398 e. The summed E-state index contributed by atoms with van der Waals surface area (Å²) in [7, 11) is 0. The van der Waals surface area contributed by atoms with Crippen LogP contribution in [0, 0.1) is 0 Å². The van der Waals surface area contributed by atoms with Crippen LogP contribution in [0.1, 0.15) is 22.3 Å². The van der Waals surface area contributed by atoms with E-state index in [-0.39, 0.29) is 5.78 Å². The molecule has 2 nitrogen and oxygen atoms in total. The second-order valence-electron chi connectivity index (χ2n) is 4.53. The number of carbonyl (C=O) groups is 1. The molecule has 0 amide bonds. The van der Waals surface area contributed by atoms with E-state index in [9.17, 15) is 4.79 Å². The molecular formula is C15H12BrNOS. The third kappa shape index (κ3) is 2.55. The number of hydrogen-bond donors (Lipinski definition) is 1. The molecule has 2 aromatic rings. The Labute approximate surface area is 124 Å². The van der Waals surface area contributed by atoms with Crippen LogP contribution in [0.2, 0.25) is 0 Å². The number of Topliss-reactive ketones (excluding diaryl/α,β-unsaturated/α-hetero) is 1. The molecule has 1 aliphatic carbocycles. The Hall–Kier alpha value is -1.26. The number of halogens is 1. The van der Waals surface area contributed by atoms with Crippen molar-refractivity contribution in [3.05, 3.63) is 52.0 Å². The summed E-state index contributed by atoms with van der Waals surface area (Å²) in [5, 5.41) is 0. The zero-order chi connectivity index (χ0) is 13.4. The molecule has 4 heteroatoms. The van der Waals surface area contributed by atoms with Crippen molar-refractivity contribution < 1.29 is 4.79 Å². The fraction of sp³-hybridized carbons (Fsp3) is 0.133. The maximum absolute atomic E-state index is 11.8. The van der Waals surface area contributed by atoms with E-state index in [1.807, 2.05) is 36.4 Å². The number of aryl methyl sites for hydroxylation is 1. The molecule has 0 saturated carbocycles. The Morgan fingerprint density at radius 1 is 1.11 bits per heavy atom. The van der Waals surface area contributed by atoms with Gasteiger partial charge in [-0.25, -0.2) is 0 Å². The van der Waals surface area contributed by atoms with Crippen LogP contribution < -0.4 is 5.73 Å². The number of nitrogen functional groups attached to an aromatic ring is 1. The predicted molar refractivity (Wildman–Crippen MR) is 81.8 cm³/mol. The number of fused-ring (bicyclic) bond motifs is 1. The highest BCUT2D eigenvalue weighted by Crippen LogP contribution is 2.36. The van der Waals surface area contributed by atoms with Gasteiger partial charge in [-0.3, -0.25) is 4.79 Å². The van der Waals surface area contributed by atoms with Crippen molar-refractivity contribution in [2.24, 2.45) is 0 Å². The van der Waals surface area contributed by atoms with Gasteiger partial charge in [-0.1, -0.05) is 27.7 Å². The number of carbonyl (C=O) groups excluding carboxylic acids is 1. The second kappa shape index (κ2) is 5.02. The monoisotopic (exact) mass is 333 g/mol. The second-order valence-corrected chi connectivity index (χ2v) is 6.56. The molecule has 0 atom stereocenters. The Morgan fingerprint density at radius 2 is 1.84 bits per heavy atom. The van der Waals surface area contributed by atoms with E-state index in [0.717, 1.165) is 37.5 Å². The number of hydrogen-bond acceptors (Lipinski definition) is 3. The Balaban J connectivity index is 1.95. The third-order valence-electron chi connectivity index (χ3n) is 3.20. The quantitative estimate of drug-likeness (QED) is 0.832. The van der Waals surface area contributed by atoms with Gasteiger partial charge < -0.3 is 5.73 Å². The minimum atomic E-state index is 0.229. The van der Waals surface area contributed by atoms with E-state index in [4.69, 9.17) is 5.73 Å². The van der Waals surface area contributed by atoms with Gasteiger partial charge in [-0.05, 0) is 48.4 Å². The average Bonchev–Trinajstić information content (AvgIpc) is 2.74. The van der Waals surface area contributed by atoms with Gasteiger partial charge >= 0.3 is 0 Å². The molecule has 0 heterocycles. The molecule has 0 spiro atoms. The smallest absolute Gasteiger partial charge is 0.163 e. The molecule has 0 unspecified atom stereocenters. The van der Waals surface area contributed by atoms with Gasteiger partial charge in [0.25, 0.3) is 0 Å². The van der Waals surface area contributed by atoms with Crippen LogP contribution in [0.5, 0.6) is 0 Å². The van der Waals surface area contributed by atoms with E-state index < -0.39 is 0 Å². The standard InChI is InChI=1S/C15H12BrNOS/c16-10-2-4-11(5-3-10)19-15-8-12-9(7-13(15)17)1-6-14(12)18/h2-5,7-8H,1,6,17H2. The zero-order valence-corrected chi connectivity index (χ0v) is 12.6. The first-order valence-corrected chi connectivity index (χ1v) is 7.63. The fourth-order valence-electron chi connectivity index (χ4n) is 2.21. The van der Waals surface area contributed by atoms with Crippen LogP contribution >= 0.6 is 27.7 Å². The molecule has 0 aromatic heterocycles. The molecule has 0 fully saturated rings. The summed E-state index contributed by atoms with van der Waals surface area (Å²) in [6.07, 6.45) is 1.43. The summed E-state index contributed by atoms with van der Waals surface area (Å²) in [4.78, 5) is 13.8. The molecule has 0 bridgehead atoms. The number of nitrogens with two attached hydrogens (primary N) is 1. The minimum absolute atomic E-state index is 0.229. The van der Waals surface area contributed by atoms with Gasteiger partial charge in [-0.2, -0.15) is 0 Å². The van der Waals surface area contributed by atoms with Gasteiger partial charge in [0.15, 0.2) is 5.78 Å². The lowest BCUT2D eigenvalue weighted by molar-refractivity contribution is 0.0994. The van der Waals surface area contributed by atoms with Crippen molar-refractivity contribution in [1.29, 1.82) is 0 Å². The lowest BCUT2D eigenvalue weighted by Crippen LogP contribution is -1.95. The molecule has 2 aromatic carbocycles. The fourth-order valence-corrected chi connectivity index (χ4v) is 3.35. The molecule has 0 saturated heterocycles. The first-order valence-electron chi connectivity index (χ1n) is 6.02. The summed E-state index contributed by atoms with van der Waals surface area (Å²) < 4.78 is 1.05. The normalized spacial score (nSPS) is 13.6. The maximum atomic E-state index is 11.8. The van der Waals surface area contributed by atoms with Gasteiger partial charge in [0.1, 0.15) is 0 Å². The molecule has 3 rings (SSSR count). The first kappa shape index (κ1) is 12.8. The summed E-state index contributed by atoms with van der Waals surface area (Å²) >= 11 is 5.01. The van der Waals surface area contributed by atoms with Crippen molar-refractivity contribution in [3.8, 4) is 0 Å². The van der Waals surface area contributed by atoms with Crippen LogP contribution in [0.25, 0.3) is 0 Å². The van der Waals surface area contributed by atoms with Gasteiger partial charge in [0, 0.05) is 31.9 Å².